The van der Waals surface area contributed by atoms with Gasteiger partial charge in [-0.1, -0.05) is 0 Å². The lowest BCUT2D eigenvalue weighted by Gasteiger charge is -2.17. The molecule has 0 aliphatic rings. The van der Waals surface area contributed by atoms with Crippen molar-refractivity contribution in [2.45, 2.75) is 6.42 Å². The minimum atomic E-state index is -0.0131. The van der Waals surface area contributed by atoms with Crippen LogP contribution >= 0.6 is 0 Å². The van der Waals surface area contributed by atoms with Crippen LogP contribution in [0.1, 0.15) is 15.9 Å². The molecule has 0 radical (unpaired) electrons. The summed E-state index contributed by atoms with van der Waals surface area (Å²) in [4.78, 5) is 22.5. The number of pyridine rings is 2. The lowest BCUT2D eigenvalue weighted by atomic mass is 10.2. The molecule has 5 nitrogen and oxygen atoms in total. The molecule has 0 saturated carbocycles. The zero-order chi connectivity index (χ0) is 14.7. The molecule has 0 spiro atoms. The van der Waals surface area contributed by atoms with Crippen LogP contribution < -0.4 is 0 Å². The van der Waals surface area contributed by atoms with Crippen LogP contribution in [-0.4, -0.2) is 38.8 Å². The van der Waals surface area contributed by atoms with Gasteiger partial charge in [-0.2, -0.15) is 0 Å². The zero-order valence-electron chi connectivity index (χ0n) is 11.8. The van der Waals surface area contributed by atoms with E-state index in [-0.39, 0.29) is 5.91 Å². The summed E-state index contributed by atoms with van der Waals surface area (Å²) >= 11 is 0. The van der Waals surface area contributed by atoms with Crippen molar-refractivity contribution in [3.8, 4) is 0 Å². The van der Waals surface area contributed by atoms with Gasteiger partial charge in [0.15, 0.2) is 0 Å². The number of amides is 1. The second-order valence-electron chi connectivity index (χ2n) is 4.91. The standard InChI is InChI=1S/C16H16N4O/c1-19(11-6-13-4-7-17-8-5-13)16(21)14-3-2-10-20-12-9-18-15(14)20/h2-5,7-10,12H,6,11H2,1H3. The monoisotopic (exact) mass is 280 g/mol. The van der Waals surface area contributed by atoms with Gasteiger partial charge in [-0.3, -0.25) is 9.78 Å². The first-order valence-corrected chi connectivity index (χ1v) is 6.82. The van der Waals surface area contributed by atoms with Gasteiger partial charge in [0.05, 0.1) is 5.56 Å². The molecule has 0 saturated heterocycles. The number of hydrogen-bond donors (Lipinski definition) is 0. The molecule has 21 heavy (non-hydrogen) atoms. The minimum Gasteiger partial charge on any atom is -0.341 e. The second kappa shape index (κ2) is 5.75. The summed E-state index contributed by atoms with van der Waals surface area (Å²) in [6, 6.07) is 7.60. The first kappa shape index (κ1) is 13.3. The maximum absolute atomic E-state index is 12.5. The van der Waals surface area contributed by atoms with Gasteiger partial charge in [0.25, 0.3) is 5.91 Å². The smallest absolute Gasteiger partial charge is 0.257 e. The number of carbonyl (C=O) groups excluding carboxylic acids is 1. The zero-order valence-corrected chi connectivity index (χ0v) is 11.8. The van der Waals surface area contributed by atoms with Gasteiger partial charge in [-0.15, -0.1) is 0 Å². The molecule has 106 valence electrons. The molecular weight excluding hydrogens is 264 g/mol. The fourth-order valence-electron chi connectivity index (χ4n) is 2.27. The van der Waals surface area contributed by atoms with Crippen molar-refractivity contribution in [2.24, 2.45) is 0 Å². The average Bonchev–Trinajstić information content (AvgIpc) is 3.01. The molecule has 1 amide bonds. The van der Waals surface area contributed by atoms with Crippen molar-refractivity contribution in [2.75, 3.05) is 13.6 Å². The van der Waals surface area contributed by atoms with Crippen molar-refractivity contribution < 1.29 is 4.79 Å². The van der Waals surface area contributed by atoms with Gasteiger partial charge in [0.1, 0.15) is 5.65 Å². The average molecular weight is 280 g/mol. The second-order valence-corrected chi connectivity index (χ2v) is 4.91. The summed E-state index contributed by atoms with van der Waals surface area (Å²) in [6.07, 6.45) is 9.76. The van der Waals surface area contributed by atoms with E-state index < -0.39 is 0 Å². The van der Waals surface area contributed by atoms with Crippen molar-refractivity contribution in [1.29, 1.82) is 0 Å². The molecule has 0 unspecified atom stereocenters. The third-order valence-electron chi connectivity index (χ3n) is 3.48. The molecule has 0 bridgehead atoms. The Balaban J connectivity index is 1.74. The molecule has 0 fully saturated rings. The van der Waals surface area contributed by atoms with Crippen molar-refractivity contribution in [1.82, 2.24) is 19.3 Å². The molecule has 0 aliphatic carbocycles. The first-order chi connectivity index (χ1) is 10.3. The Morgan fingerprint density at radius 3 is 2.81 bits per heavy atom. The minimum absolute atomic E-state index is 0.0131. The Morgan fingerprint density at radius 1 is 1.19 bits per heavy atom. The van der Waals surface area contributed by atoms with E-state index in [0.29, 0.717) is 17.8 Å². The van der Waals surface area contributed by atoms with E-state index in [1.165, 1.54) is 5.56 Å². The van der Waals surface area contributed by atoms with Gasteiger partial charge in [0.2, 0.25) is 0 Å². The molecule has 0 N–H and O–H groups in total. The van der Waals surface area contributed by atoms with Crippen molar-refractivity contribution in [3.63, 3.8) is 0 Å². The number of nitrogens with zero attached hydrogens (tertiary/aromatic N) is 4. The lowest BCUT2D eigenvalue weighted by Crippen LogP contribution is -2.29. The summed E-state index contributed by atoms with van der Waals surface area (Å²) in [5.74, 6) is -0.0131. The third-order valence-corrected chi connectivity index (χ3v) is 3.48. The van der Waals surface area contributed by atoms with Crippen LogP contribution in [0.5, 0.6) is 0 Å². The van der Waals surface area contributed by atoms with Gasteiger partial charge in [0, 0.05) is 44.6 Å². The number of likely N-dealkylation sites (N-methyl/N-ethyl adjacent to an activating group) is 1. The summed E-state index contributed by atoms with van der Waals surface area (Å²) in [5, 5.41) is 0. The van der Waals surface area contributed by atoms with E-state index in [2.05, 4.69) is 9.97 Å². The lowest BCUT2D eigenvalue weighted by molar-refractivity contribution is 0.0798. The van der Waals surface area contributed by atoms with Gasteiger partial charge >= 0.3 is 0 Å². The summed E-state index contributed by atoms with van der Waals surface area (Å²) in [7, 11) is 1.82. The summed E-state index contributed by atoms with van der Waals surface area (Å²) in [6.45, 7) is 0.657. The quantitative estimate of drug-likeness (QED) is 0.735. The van der Waals surface area contributed by atoms with Crippen molar-refractivity contribution in [3.05, 3.63) is 66.4 Å². The van der Waals surface area contributed by atoms with Crippen LogP contribution in [0.3, 0.4) is 0 Å². The number of rotatable bonds is 4. The fourth-order valence-corrected chi connectivity index (χ4v) is 2.27. The van der Waals surface area contributed by atoms with Crippen LogP contribution in [0, 0.1) is 0 Å². The molecule has 0 aliphatic heterocycles. The molecule has 3 aromatic heterocycles. The number of fused-ring (bicyclic) bond motifs is 1. The molecule has 0 aromatic carbocycles. The first-order valence-electron chi connectivity index (χ1n) is 6.82. The van der Waals surface area contributed by atoms with E-state index in [1.807, 2.05) is 48.1 Å². The van der Waals surface area contributed by atoms with E-state index in [4.69, 9.17) is 0 Å². The molecular formula is C16H16N4O. The highest BCUT2D eigenvalue weighted by atomic mass is 16.2. The van der Waals surface area contributed by atoms with Crippen LogP contribution in [-0.2, 0) is 6.42 Å². The van der Waals surface area contributed by atoms with Gasteiger partial charge in [-0.05, 0) is 36.2 Å². The highest BCUT2D eigenvalue weighted by Gasteiger charge is 2.15. The van der Waals surface area contributed by atoms with Gasteiger partial charge < -0.3 is 9.30 Å². The Labute approximate surface area is 122 Å². The summed E-state index contributed by atoms with van der Waals surface area (Å²) in [5.41, 5.74) is 2.49. The van der Waals surface area contributed by atoms with Crippen LogP contribution in [0.15, 0.2) is 55.2 Å². The molecule has 3 aromatic rings. The molecule has 3 rings (SSSR count). The molecule has 3 heterocycles. The Morgan fingerprint density at radius 2 is 2.00 bits per heavy atom. The van der Waals surface area contributed by atoms with Crippen LogP contribution in [0.2, 0.25) is 0 Å². The highest BCUT2D eigenvalue weighted by Crippen LogP contribution is 2.11. The number of hydrogen-bond acceptors (Lipinski definition) is 3. The van der Waals surface area contributed by atoms with Crippen LogP contribution in [0.4, 0.5) is 0 Å². The van der Waals surface area contributed by atoms with E-state index >= 15 is 0 Å². The Bertz CT molecular complexity index is 751. The number of aromatic nitrogens is 3. The van der Waals surface area contributed by atoms with Gasteiger partial charge in [-0.25, -0.2) is 4.98 Å². The number of imidazole rings is 1. The van der Waals surface area contributed by atoms with E-state index in [1.54, 1.807) is 23.5 Å². The Kier molecular flexibility index (Phi) is 3.64. The predicted molar refractivity (Wildman–Crippen MR) is 80.1 cm³/mol. The highest BCUT2D eigenvalue weighted by molar-refractivity contribution is 5.99. The largest absolute Gasteiger partial charge is 0.341 e. The summed E-state index contributed by atoms with van der Waals surface area (Å²) < 4.78 is 1.85. The van der Waals surface area contributed by atoms with Crippen molar-refractivity contribution >= 4 is 11.6 Å². The fraction of sp³-hybridized carbons (Fsp3) is 0.188. The third kappa shape index (κ3) is 2.76. The van der Waals surface area contributed by atoms with Crippen LogP contribution in [0.25, 0.3) is 5.65 Å². The maximum Gasteiger partial charge on any atom is 0.257 e. The van der Waals surface area contributed by atoms with E-state index in [9.17, 15) is 4.79 Å². The SMILES string of the molecule is CN(CCc1ccncc1)C(=O)c1cccn2ccnc12. The predicted octanol–water partition coefficient (Wildman–Crippen LogP) is 2.04. The molecule has 5 heteroatoms. The molecule has 0 atom stereocenters. The Hall–Kier alpha value is -2.69. The van der Waals surface area contributed by atoms with E-state index in [0.717, 1.165) is 6.42 Å². The maximum atomic E-state index is 12.5. The number of carbonyl (C=O) groups is 1. The topological polar surface area (TPSA) is 50.5 Å². The normalized spacial score (nSPS) is 10.7.